The van der Waals surface area contributed by atoms with Crippen LogP contribution in [0, 0.1) is 6.92 Å². The molecule has 0 aliphatic carbocycles. The summed E-state index contributed by atoms with van der Waals surface area (Å²) in [6.07, 6.45) is 10.1. The fourth-order valence-electron chi connectivity index (χ4n) is 6.42. The van der Waals surface area contributed by atoms with E-state index in [4.69, 9.17) is 4.74 Å². The molecule has 4 N–H and O–H groups in total. The van der Waals surface area contributed by atoms with Crippen molar-refractivity contribution in [3.8, 4) is 5.75 Å². The highest BCUT2D eigenvalue weighted by Gasteiger charge is 2.40. The summed E-state index contributed by atoms with van der Waals surface area (Å²) in [6, 6.07) is 3.20. The van der Waals surface area contributed by atoms with E-state index in [1.807, 2.05) is 17.2 Å². The molecule has 1 aromatic carbocycles. The Kier molecular flexibility index (Phi) is 11.8. The number of nitrogens with zero attached hydrogens (tertiary/aromatic N) is 3. The first-order chi connectivity index (χ1) is 21.3. The van der Waals surface area contributed by atoms with E-state index < -0.39 is 6.10 Å². The van der Waals surface area contributed by atoms with Gasteiger partial charge in [-0.2, -0.15) is 0 Å². The van der Waals surface area contributed by atoms with E-state index in [9.17, 15) is 19.8 Å². The van der Waals surface area contributed by atoms with Crippen LogP contribution in [0.4, 0.5) is 0 Å². The highest BCUT2D eigenvalue weighted by Crippen LogP contribution is 2.32. The average Bonchev–Trinajstić information content (AvgIpc) is 3.61. The lowest BCUT2D eigenvalue weighted by atomic mass is 9.89. The molecule has 10 nitrogen and oxygen atoms in total. The monoisotopic (exact) mass is 645 g/mol. The summed E-state index contributed by atoms with van der Waals surface area (Å²) in [6.45, 7) is 8.47. The van der Waals surface area contributed by atoms with Crippen molar-refractivity contribution in [2.45, 2.75) is 82.8 Å². The maximum Gasteiger partial charge on any atom is 0.305 e. The van der Waals surface area contributed by atoms with Crippen molar-refractivity contribution in [3.05, 3.63) is 43.4 Å². The van der Waals surface area contributed by atoms with Gasteiger partial charge in [-0.3, -0.25) is 9.59 Å². The molecule has 0 saturated carbocycles. The number of nitrogens with one attached hydrogen (secondary N) is 2. The number of aromatic nitrogens is 2. The zero-order valence-electron chi connectivity index (χ0n) is 25.8. The Balaban J connectivity index is 0.878. The molecule has 1 atom stereocenters. The Labute approximate surface area is 267 Å². The number of aliphatic hydroxyl groups is 1. The number of piperidine rings is 1. The summed E-state index contributed by atoms with van der Waals surface area (Å²) in [5.74, 6) is 0.192. The minimum absolute atomic E-state index is 0.0252. The molecule has 12 heteroatoms. The first-order valence-corrected chi connectivity index (χ1v) is 17.8. The Bertz CT molecular complexity index is 1410. The van der Waals surface area contributed by atoms with Crippen molar-refractivity contribution in [1.29, 1.82) is 0 Å². The number of unbranched alkanes of at least 4 members (excludes halogenated alkanes) is 6. The lowest BCUT2D eigenvalue weighted by Gasteiger charge is -2.47. The molecule has 4 heterocycles. The predicted octanol–water partition coefficient (Wildman–Crippen LogP) is 4.35. The zero-order chi connectivity index (χ0) is 30.9. The smallest absolute Gasteiger partial charge is 0.305 e. The second-order valence-electron chi connectivity index (χ2n) is 12.3. The SMILES string of the molecule is Cc1nc(CC(=O)N2CCOC3(CCN(CCCCCCCCCNC[C@H](O)c4ccc(O)c5[nH]c(=O)sc45)CC3)C2)cs1. The number of H-pyrrole nitrogens is 1. The van der Waals surface area contributed by atoms with E-state index in [1.165, 1.54) is 44.6 Å². The van der Waals surface area contributed by atoms with Crippen molar-refractivity contribution >= 4 is 38.8 Å². The number of hydrogen-bond acceptors (Lipinski definition) is 10. The number of phenols is 1. The number of benzene rings is 1. The molecule has 3 aromatic rings. The first kappa shape index (κ1) is 33.0. The standard InChI is InChI=1S/C32H47N5O5S2/c1-23-34-24(21-43-23)19-28(40)37-17-18-42-32(22-37)11-15-36(16-12-32)14-8-6-4-2-3-5-7-13-33-20-27(39)25-9-10-26(38)29-30(25)44-31(41)35-29/h9-10,21,27,33,38-39H,2-8,11-20,22H2,1H3,(H,35,41)/t27-/m0/s1. The molecule has 1 spiro atoms. The number of aliphatic hydroxyl groups excluding tert-OH is 1. The summed E-state index contributed by atoms with van der Waals surface area (Å²) in [5.41, 5.74) is 1.76. The van der Waals surface area contributed by atoms with E-state index in [0.29, 0.717) is 48.4 Å². The van der Waals surface area contributed by atoms with E-state index in [1.54, 1.807) is 17.4 Å². The molecule has 2 aromatic heterocycles. The van der Waals surface area contributed by atoms with Crippen LogP contribution in [-0.2, 0) is 16.0 Å². The summed E-state index contributed by atoms with van der Waals surface area (Å²) >= 11 is 2.61. The molecular formula is C32H47N5O5S2. The van der Waals surface area contributed by atoms with Gasteiger partial charge < -0.3 is 35.1 Å². The first-order valence-electron chi connectivity index (χ1n) is 16.1. The summed E-state index contributed by atoms with van der Waals surface area (Å²) in [4.78, 5) is 36.0. The number of likely N-dealkylation sites (tertiary alicyclic amines) is 1. The molecule has 5 rings (SSSR count). The third-order valence-electron chi connectivity index (χ3n) is 8.98. The van der Waals surface area contributed by atoms with Crippen LogP contribution in [0.15, 0.2) is 22.3 Å². The number of aromatic hydroxyl groups is 1. The molecule has 2 aliphatic heterocycles. The summed E-state index contributed by atoms with van der Waals surface area (Å²) < 4.78 is 6.89. The Morgan fingerprint density at radius 2 is 1.89 bits per heavy atom. The zero-order valence-corrected chi connectivity index (χ0v) is 27.4. The van der Waals surface area contributed by atoms with Crippen LogP contribution in [0.1, 0.15) is 80.2 Å². The maximum absolute atomic E-state index is 12.9. The van der Waals surface area contributed by atoms with Crippen LogP contribution < -0.4 is 10.2 Å². The minimum Gasteiger partial charge on any atom is -0.506 e. The van der Waals surface area contributed by atoms with E-state index in [-0.39, 0.29) is 22.1 Å². The number of ether oxygens (including phenoxy) is 1. The molecule has 2 saturated heterocycles. The molecule has 2 fully saturated rings. The van der Waals surface area contributed by atoms with E-state index in [2.05, 4.69) is 20.2 Å². The lowest BCUT2D eigenvalue weighted by molar-refractivity contribution is -0.159. The van der Waals surface area contributed by atoms with Gasteiger partial charge in [0.2, 0.25) is 5.91 Å². The highest BCUT2D eigenvalue weighted by atomic mass is 32.1. The second kappa shape index (κ2) is 15.8. The number of hydrogen-bond donors (Lipinski definition) is 4. The van der Waals surface area contributed by atoms with Gasteiger partial charge in [0.1, 0.15) is 11.3 Å². The maximum atomic E-state index is 12.9. The van der Waals surface area contributed by atoms with Crippen LogP contribution in [0.5, 0.6) is 5.75 Å². The van der Waals surface area contributed by atoms with Crippen LogP contribution in [0.25, 0.3) is 10.2 Å². The van der Waals surface area contributed by atoms with Crippen molar-refractivity contribution in [3.63, 3.8) is 0 Å². The average molecular weight is 646 g/mol. The van der Waals surface area contributed by atoms with Gasteiger partial charge in [-0.1, -0.05) is 49.5 Å². The number of carbonyl (C=O) groups excluding carboxylic acids is 1. The van der Waals surface area contributed by atoms with E-state index in [0.717, 1.165) is 67.5 Å². The summed E-state index contributed by atoms with van der Waals surface area (Å²) in [5, 5.41) is 26.9. The number of phenolic OH excluding ortho intramolecular Hbond substituents is 1. The van der Waals surface area contributed by atoms with Crippen molar-refractivity contribution in [1.82, 2.24) is 25.1 Å². The normalized spacial score (nSPS) is 17.9. The number of rotatable bonds is 15. The molecule has 0 radical (unpaired) electrons. The Morgan fingerprint density at radius 1 is 1.14 bits per heavy atom. The Hall–Kier alpha value is -2.35. The van der Waals surface area contributed by atoms with Crippen LogP contribution in [0.3, 0.4) is 0 Å². The molecular weight excluding hydrogens is 599 g/mol. The van der Waals surface area contributed by atoms with Gasteiger partial charge in [0.25, 0.3) is 0 Å². The molecule has 2 aliphatic rings. The molecule has 0 unspecified atom stereocenters. The fourth-order valence-corrected chi connectivity index (χ4v) is 7.95. The number of thiazole rings is 2. The van der Waals surface area contributed by atoms with Crippen molar-refractivity contribution in [2.75, 3.05) is 52.4 Å². The predicted molar refractivity (Wildman–Crippen MR) is 176 cm³/mol. The second-order valence-corrected chi connectivity index (χ2v) is 14.4. The largest absolute Gasteiger partial charge is 0.506 e. The van der Waals surface area contributed by atoms with Gasteiger partial charge in [-0.25, -0.2) is 4.98 Å². The minimum atomic E-state index is -0.729. The molecule has 1 amide bonds. The Morgan fingerprint density at radius 3 is 2.64 bits per heavy atom. The van der Waals surface area contributed by atoms with Gasteiger partial charge in [-0.05, 0) is 51.8 Å². The molecule has 44 heavy (non-hydrogen) atoms. The lowest BCUT2D eigenvalue weighted by Crippen LogP contribution is -2.58. The van der Waals surface area contributed by atoms with Crippen LogP contribution in [-0.4, -0.2) is 93.9 Å². The number of morpholine rings is 1. The summed E-state index contributed by atoms with van der Waals surface area (Å²) in [7, 11) is 0. The number of aromatic amines is 1. The van der Waals surface area contributed by atoms with Gasteiger partial charge in [0.15, 0.2) is 0 Å². The fraction of sp³-hybridized carbons (Fsp3) is 0.656. The van der Waals surface area contributed by atoms with Gasteiger partial charge in [-0.15, -0.1) is 11.3 Å². The van der Waals surface area contributed by atoms with Gasteiger partial charge in [0.05, 0.1) is 40.1 Å². The number of amides is 1. The van der Waals surface area contributed by atoms with Crippen LogP contribution in [0.2, 0.25) is 0 Å². The van der Waals surface area contributed by atoms with Crippen molar-refractivity contribution < 1.29 is 19.7 Å². The topological polar surface area (TPSA) is 131 Å². The molecule has 0 bridgehead atoms. The number of fused-ring (bicyclic) bond motifs is 1. The number of aryl methyl sites for hydroxylation is 1. The quantitative estimate of drug-likeness (QED) is 0.180. The van der Waals surface area contributed by atoms with E-state index >= 15 is 0 Å². The number of carbonyl (C=O) groups is 1. The van der Waals surface area contributed by atoms with Crippen molar-refractivity contribution in [2.24, 2.45) is 0 Å². The van der Waals surface area contributed by atoms with Gasteiger partial charge in [0, 0.05) is 43.7 Å². The van der Waals surface area contributed by atoms with Crippen LogP contribution >= 0.6 is 22.7 Å². The highest BCUT2D eigenvalue weighted by molar-refractivity contribution is 7.16. The molecule has 242 valence electrons. The third-order valence-corrected chi connectivity index (χ3v) is 10.7. The third kappa shape index (κ3) is 8.88. The van der Waals surface area contributed by atoms with Gasteiger partial charge >= 0.3 is 4.87 Å².